The summed E-state index contributed by atoms with van der Waals surface area (Å²) in [5, 5.41) is 6.25. The maximum Gasteiger partial charge on any atom is 0.0455 e. The largest absolute Gasteiger partial charge is 0.384 e. The molecule has 0 aliphatic rings. The van der Waals surface area contributed by atoms with Gasteiger partial charge in [-0.1, -0.05) is 62.2 Å². The van der Waals surface area contributed by atoms with Gasteiger partial charge >= 0.3 is 0 Å². The summed E-state index contributed by atoms with van der Waals surface area (Å²) < 4.78 is 0. The zero-order chi connectivity index (χ0) is 13.5. The number of rotatable bonds is 7. The first-order valence-electron chi connectivity index (χ1n) is 7.22. The van der Waals surface area contributed by atoms with Crippen molar-refractivity contribution in [1.29, 1.82) is 0 Å². The van der Waals surface area contributed by atoms with Gasteiger partial charge in [0, 0.05) is 17.6 Å². The lowest BCUT2D eigenvalue weighted by molar-refractivity contribution is 0.744. The number of hydrogen-bond donors (Lipinski definition) is 1. The molecule has 2 rings (SSSR count). The molecule has 0 radical (unpaired) electrons. The van der Waals surface area contributed by atoms with Crippen molar-refractivity contribution in [2.75, 3.05) is 11.9 Å². The van der Waals surface area contributed by atoms with Gasteiger partial charge < -0.3 is 5.32 Å². The smallest absolute Gasteiger partial charge is 0.0455 e. The van der Waals surface area contributed by atoms with Gasteiger partial charge in [0.1, 0.15) is 0 Å². The molecule has 0 bridgehead atoms. The Labute approximate surface area is 116 Å². The molecule has 0 aliphatic carbocycles. The summed E-state index contributed by atoms with van der Waals surface area (Å²) >= 11 is 0. The van der Waals surface area contributed by atoms with Gasteiger partial charge in [-0.2, -0.15) is 0 Å². The third-order valence-corrected chi connectivity index (χ3v) is 3.46. The minimum atomic E-state index is 0.918. The van der Waals surface area contributed by atoms with Gasteiger partial charge in [-0.3, -0.25) is 0 Å². The first-order chi connectivity index (χ1) is 9.36. The number of unbranched alkanes of at least 4 members (excludes halogenated alkanes) is 2. The molecule has 0 aromatic heterocycles. The summed E-state index contributed by atoms with van der Waals surface area (Å²) in [5.74, 6) is 0. The summed E-state index contributed by atoms with van der Waals surface area (Å²) in [7, 11) is 0. The molecule has 2 aromatic rings. The Morgan fingerprint density at radius 3 is 2.74 bits per heavy atom. The number of anilines is 1. The maximum atomic E-state index is 3.86. The number of hydrogen-bond acceptors (Lipinski definition) is 1. The van der Waals surface area contributed by atoms with E-state index in [2.05, 4.69) is 55.2 Å². The zero-order valence-corrected chi connectivity index (χ0v) is 11.8. The molecule has 0 unspecified atom stereocenters. The first kappa shape index (κ1) is 13.7. The Bertz CT molecular complexity index is 542. The van der Waals surface area contributed by atoms with Crippen molar-refractivity contribution < 1.29 is 0 Å². The Hall–Kier alpha value is -1.76. The minimum Gasteiger partial charge on any atom is -0.384 e. The molecule has 0 amide bonds. The average Bonchev–Trinajstić information content (AvgIpc) is 2.45. The van der Waals surface area contributed by atoms with Crippen molar-refractivity contribution in [2.24, 2.45) is 0 Å². The van der Waals surface area contributed by atoms with Crippen molar-refractivity contribution in [3.05, 3.63) is 54.6 Å². The Kier molecular flexibility index (Phi) is 5.02. The molecule has 19 heavy (non-hydrogen) atoms. The van der Waals surface area contributed by atoms with Crippen molar-refractivity contribution in [2.45, 2.75) is 32.6 Å². The van der Waals surface area contributed by atoms with Gasteiger partial charge in [-0.15, -0.1) is 6.58 Å². The standard InChI is InChI=1S/C18H23N/c1-3-5-8-14-19-18-16(9-4-2)13-12-15-10-6-7-11-17(15)18/h4,6-7,10-13,19H,2-3,5,8-9,14H2,1H3. The van der Waals surface area contributed by atoms with E-state index < -0.39 is 0 Å². The third kappa shape index (κ3) is 3.37. The molecule has 100 valence electrons. The molecule has 0 fully saturated rings. The molecule has 0 heterocycles. The highest BCUT2D eigenvalue weighted by atomic mass is 14.9. The molecule has 1 heteroatoms. The van der Waals surface area contributed by atoms with Crippen LogP contribution in [-0.2, 0) is 6.42 Å². The third-order valence-electron chi connectivity index (χ3n) is 3.46. The van der Waals surface area contributed by atoms with Crippen LogP contribution in [0.25, 0.3) is 10.8 Å². The van der Waals surface area contributed by atoms with Gasteiger partial charge in [-0.05, 0) is 23.8 Å². The van der Waals surface area contributed by atoms with Crippen LogP contribution in [-0.4, -0.2) is 6.54 Å². The molecule has 0 saturated carbocycles. The average molecular weight is 253 g/mol. The highest BCUT2D eigenvalue weighted by Gasteiger charge is 2.05. The second-order valence-corrected chi connectivity index (χ2v) is 4.95. The second kappa shape index (κ2) is 6.98. The molecule has 0 aliphatic heterocycles. The van der Waals surface area contributed by atoms with Gasteiger partial charge in [-0.25, -0.2) is 0 Å². The number of fused-ring (bicyclic) bond motifs is 1. The fourth-order valence-electron chi connectivity index (χ4n) is 2.44. The van der Waals surface area contributed by atoms with Crippen LogP contribution in [0.2, 0.25) is 0 Å². The van der Waals surface area contributed by atoms with Crippen LogP contribution in [0, 0.1) is 0 Å². The molecule has 1 nitrogen and oxygen atoms in total. The maximum absolute atomic E-state index is 3.86. The van der Waals surface area contributed by atoms with Crippen LogP contribution in [0.1, 0.15) is 31.7 Å². The van der Waals surface area contributed by atoms with Crippen molar-refractivity contribution in [3.63, 3.8) is 0 Å². The number of benzene rings is 2. The minimum absolute atomic E-state index is 0.918. The van der Waals surface area contributed by atoms with E-state index in [-0.39, 0.29) is 0 Å². The summed E-state index contributed by atoms with van der Waals surface area (Å²) in [6.07, 6.45) is 6.67. The van der Waals surface area contributed by atoms with Gasteiger partial charge in [0.15, 0.2) is 0 Å². The second-order valence-electron chi connectivity index (χ2n) is 4.95. The topological polar surface area (TPSA) is 12.0 Å². The molecule has 2 aromatic carbocycles. The van der Waals surface area contributed by atoms with Crippen LogP contribution in [0.15, 0.2) is 49.1 Å². The lowest BCUT2D eigenvalue weighted by atomic mass is 10.0. The highest BCUT2D eigenvalue weighted by molar-refractivity contribution is 5.95. The Balaban J connectivity index is 2.29. The predicted octanol–water partition coefficient (Wildman–Crippen LogP) is 5.17. The fraction of sp³-hybridized carbons (Fsp3) is 0.333. The summed E-state index contributed by atoms with van der Waals surface area (Å²) in [6, 6.07) is 13.0. The highest BCUT2D eigenvalue weighted by Crippen LogP contribution is 2.28. The SMILES string of the molecule is C=CCc1ccc2ccccc2c1NCCCCC. The monoisotopic (exact) mass is 253 g/mol. The lowest BCUT2D eigenvalue weighted by Crippen LogP contribution is -2.04. The van der Waals surface area contributed by atoms with Crippen molar-refractivity contribution >= 4 is 16.5 Å². The van der Waals surface area contributed by atoms with E-state index >= 15 is 0 Å². The fourth-order valence-corrected chi connectivity index (χ4v) is 2.44. The van der Waals surface area contributed by atoms with E-state index in [4.69, 9.17) is 0 Å². The lowest BCUT2D eigenvalue weighted by Gasteiger charge is -2.14. The van der Waals surface area contributed by atoms with E-state index in [0.717, 1.165) is 13.0 Å². The van der Waals surface area contributed by atoms with E-state index in [1.807, 2.05) is 6.08 Å². The van der Waals surface area contributed by atoms with Crippen molar-refractivity contribution in [1.82, 2.24) is 0 Å². The molecular formula is C18H23N. The summed E-state index contributed by atoms with van der Waals surface area (Å²) in [4.78, 5) is 0. The van der Waals surface area contributed by atoms with E-state index in [9.17, 15) is 0 Å². The molecule has 0 atom stereocenters. The predicted molar refractivity (Wildman–Crippen MR) is 85.9 cm³/mol. The number of allylic oxidation sites excluding steroid dienone is 1. The normalized spacial score (nSPS) is 10.6. The summed E-state index contributed by atoms with van der Waals surface area (Å²) in [6.45, 7) is 7.14. The van der Waals surface area contributed by atoms with E-state index in [0.29, 0.717) is 0 Å². The molecule has 0 spiro atoms. The van der Waals surface area contributed by atoms with Crippen LogP contribution in [0.4, 0.5) is 5.69 Å². The van der Waals surface area contributed by atoms with Crippen molar-refractivity contribution in [3.8, 4) is 0 Å². The van der Waals surface area contributed by atoms with Crippen LogP contribution >= 0.6 is 0 Å². The zero-order valence-electron chi connectivity index (χ0n) is 11.8. The molecule has 0 saturated heterocycles. The Morgan fingerprint density at radius 1 is 1.11 bits per heavy atom. The van der Waals surface area contributed by atoms with Crippen LogP contribution in [0.5, 0.6) is 0 Å². The van der Waals surface area contributed by atoms with E-state index in [1.165, 1.54) is 41.3 Å². The summed E-state index contributed by atoms with van der Waals surface area (Å²) in [5.41, 5.74) is 2.62. The Morgan fingerprint density at radius 2 is 1.95 bits per heavy atom. The van der Waals surface area contributed by atoms with E-state index in [1.54, 1.807) is 0 Å². The number of nitrogens with one attached hydrogen (secondary N) is 1. The van der Waals surface area contributed by atoms with Gasteiger partial charge in [0.05, 0.1) is 0 Å². The quantitative estimate of drug-likeness (QED) is 0.530. The molecule has 1 N–H and O–H groups in total. The van der Waals surface area contributed by atoms with Gasteiger partial charge in [0.25, 0.3) is 0 Å². The van der Waals surface area contributed by atoms with Crippen LogP contribution < -0.4 is 5.32 Å². The van der Waals surface area contributed by atoms with Gasteiger partial charge in [0.2, 0.25) is 0 Å². The molecular weight excluding hydrogens is 230 g/mol. The van der Waals surface area contributed by atoms with Crippen LogP contribution in [0.3, 0.4) is 0 Å². The first-order valence-corrected chi connectivity index (χ1v) is 7.22.